The molecular formula is C16H16F3NO. The lowest BCUT2D eigenvalue weighted by Gasteiger charge is -2.21. The Morgan fingerprint density at radius 2 is 1.57 bits per heavy atom. The summed E-state index contributed by atoms with van der Waals surface area (Å²) in [4.78, 5) is 0. The van der Waals surface area contributed by atoms with Gasteiger partial charge < -0.3 is 10.4 Å². The second kappa shape index (κ2) is 6.74. The lowest BCUT2D eigenvalue weighted by molar-refractivity contribution is -0.138. The fraction of sp³-hybridized carbons (Fsp3) is 0.250. The van der Waals surface area contributed by atoms with Crippen LogP contribution >= 0.6 is 0 Å². The van der Waals surface area contributed by atoms with Crippen LogP contribution in [0.1, 0.15) is 22.7 Å². The molecule has 0 bridgehead atoms. The molecule has 0 aliphatic heterocycles. The third-order valence-electron chi connectivity index (χ3n) is 3.22. The zero-order valence-corrected chi connectivity index (χ0v) is 11.3. The van der Waals surface area contributed by atoms with Gasteiger partial charge >= 0.3 is 6.18 Å². The summed E-state index contributed by atoms with van der Waals surface area (Å²) in [6, 6.07) is 13.9. The van der Waals surface area contributed by atoms with Crippen LogP contribution in [0.25, 0.3) is 0 Å². The van der Waals surface area contributed by atoms with E-state index in [0.29, 0.717) is 6.54 Å². The molecular weight excluding hydrogens is 279 g/mol. The van der Waals surface area contributed by atoms with Gasteiger partial charge in [0.25, 0.3) is 0 Å². The summed E-state index contributed by atoms with van der Waals surface area (Å²) in [6.07, 6.45) is -4.43. The monoisotopic (exact) mass is 295 g/mol. The average Bonchev–Trinajstić information content (AvgIpc) is 2.48. The molecule has 0 aromatic heterocycles. The lowest BCUT2D eigenvalue weighted by atomic mass is 10.00. The summed E-state index contributed by atoms with van der Waals surface area (Å²) in [6.45, 7) is -0.0157. The van der Waals surface area contributed by atoms with Crippen molar-refractivity contribution in [1.82, 2.24) is 5.32 Å². The van der Waals surface area contributed by atoms with E-state index in [-0.39, 0.29) is 5.56 Å². The van der Waals surface area contributed by atoms with E-state index >= 15 is 0 Å². The number of halogens is 3. The predicted molar refractivity (Wildman–Crippen MR) is 74.6 cm³/mol. The van der Waals surface area contributed by atoms with Crippen LogP contribution in [0.3, 0.4) is 0 Å². The van der Waals surface area contributed by atoms with Gasteiger partial charge in [-0.15, -0.1) is 0 Å². The summed E-state index contributed by atoms with van der Waals surface area (Å²) in [5.74, 6) is 0. The molecule has 0 saturated heterocycles. The molecule has 0 amide bonds. The molecule has 0 fully saturated rings. The van der Waals surface area contributed by atoms with Crippen LogP contribution in [0.5, 0.6) is 0 Å². The molecule has 0 heterocycles. The van der Waals surface area contributed by atoms with Crippen molar-refractivity contribution in [3.05, 3.63) is 71.3 Å². The molecule has 0 radical (unpaired) electrons. The molecule has 2 rings (SSSR count). The van der Waals surface area contributed by atoms with Crippen molar-refractivity contribution >= 4 is 0 Å². The van der Waals surface area contributed by atoms with Gasteiger partial charge in [-0.25, -0.2) is 0 Å². The van der Waals surface area contributed by atoms with Crippen LogP contribution < -0.4 is 5.32 Å². The normalized spacial score (nSPS) is 13.1. The van der Waals surface area contributed by atoms with E-state index in [1.807, 2.05) is 30.3 Å². The molecule has 112 valence electrons. The van der Waals surface area contributed by atoms with Crippen molar-refractivity contribution in [2.45, 2.75) is 18.8 Å². The van der Waals surface area contributed by atoms with Gasteiger partial charge in [-0.05, 0) is 17.2 Å². The van der Waals surface area contributed by atoms with Crippen LogP contribution in [-0.2, 0) is 12.7 Å². The number of rotatable bonds is 5. The minimum Gasteiger partial charge on any atom is -0.394 e. The molecule has 2 aromatic rings. The fourth-order valence-electron chi connectivity index (χ4n) is 2.17. The van der Waals surface area contributed by atoms with E-state index in [0.717, 1.165) is 11.6 Å². The molecule has 0 aliphatic rings. The van der Waals surface area contributed by atoms with Gasteiger partial charge in [0.15, 0.2) is 0 Å². The topological polar surface area (TPSA) is 32.3 Å². The van der Waals surface area contributed by atoms with Crippen molar-refractivity contribution in [2.24, 2.45) is 0 Å². The maximum atomic E-state index is 13.0. The van der Waals surface area contributed by atoms with Crippen molar-refractivity contribution < 1.29 is 18.3 Å². The van der Waals surface area contributed by atoms with Crippen molar-refractivity contribution in [3.8, 4) is 0 Å². The highest BCUT2D eigenvalue weighted by Crippen LogP contribution is 2.34. The Morgan fingerprint density at radius 3 is 2.19 bits per heavy atom. The standard InChI is InChI=1S/C16H16F3NO/c17-16(18,19)14-9-5-4-8-13(14)15(11-21)20-10-12-6-2-1-3-7-12/h1-9,15,20-21H,10-11H2. The van der Waals surface area contributed by atoms with Crippen molar-refractivity contribution in [3.63, 3.8) is 0 Å². The Kier molecular flexibility index (Phi) is 4.98. The van der Waals surface area contributed by atoms with Crippen LogP contribution in [0.2, 0.25) is 0 Å². The second-order valence-corrected chi connectivity index (χ2v) is 4.69. The minimum atomic E-state index is -4.43. The Hall–Kier alpha value is -1.85. The van der Waals surface area contributed by atoms with Gasteiger partial charge in [0.05, 0.1) is 18.2 Å². The third-order valence-corrected chi connectivity index (χ3v) is 3.22. The molecule has 5 heteroatoms. The summed E-state index contributed by atoms with van der Waals surface area (Å²) in [5.41, 5.74) is 0.286. The number of hydrogen-bond donors (Lipinski definition) is 2. The lowest BCUT2D eigenvalue weighted by Crippen LogP contribution is -2.26. The summed E-state index contributed by atoms with van der Waals surface area (Å²) < 4.78 is 39.0. The zero-order chi connectivity index (χ0) is 15.3. The molecule has 2 N–H and O–H groups in total. The first-order chi connectivity index (χ1) is 10.0. The highest BCUT2D eigenvalue weighted by molar-refractivity contribution is 5.32. The van der Waals surface area contributed by atoms with E-state index in [4.69, 9.17) is 0 Å². The Morgan fingerprint density at radius 1 is 0.952 bits per heavy atom. The fourth-order valence-corrected chi connectivity index (χ4v) is 2.17. The van der Waals surface area contributed by atoms with E-state index in [2.05, 4.69) is 5.32 Å². The number of alkyl halides is 3. The molecule has 2 aromatic carbocycles. The van der Waals surface area contributed by atoms with Gasteiger partial charge in [-0.2, -0.15) is 13.2 Å². The second-order valence-electron chi connectivity index (χ2n) is 4.69. The summed E-state index contributed by atoms with van der Waals surface area (Å²) in [7, 11) is 0. The van der Waals surface area contributed by atoms with Gasteiger partial charge in [0.1, 0.15) is 0 Å². The summed E-state index contributed by atoms with van der Waals surface area (Å²) >= 11 is 0. The van der Waals surface area contributed by atoms with E-state index in [9.17, 15) is 18.3 Å². The predicted octanol–water partition coefficient (Wildman–Crippen LogP) is 3.53. The van der Waals surface area contributed by atoms with Gasteiger partial charge in [-0.1, -0.05) is 48.5 Å². The van der Waals surface area contributed by atoms with Gasteiger partial charge in [0, 0.05) is 6.54 Å². The van der Waals surface area contributed by atoms with Gasteiger partial charge in [-0.3, -0.25) is 0 Å². The molecule has 0 aliphatic carbocycles. The maximum absolute atomic E-state index is 13.0. The smallest absolute Gasteiger partial charge is 0.394 e. The molecule has 1 unspecified atom stereocenters. The first kappa shape index (κ1) is 15.5. The van der Waals surface area contributed by atoms with E-state index in [1.165, 1.54) is 18.2 Å². The van der Waals surface area contributed by atoms with Crippen LogP contribution in [0.15, 0.2) is 54.6 Å². The van der Waals surface area contributed by atoms with Gasteiger partial charge in [0.2, 0.25) is 0 Å². The van der Waals surface area contributed by atoms with Crippen molar-refractivity contribution in [1.29, 1.82) is 0 Å². The SMILES string of the molecule is OCC(NCc1ccccc1)c1ccccc1C(F)(F)F. The molecule has 0 spiro atoms. The average molecular weight is 295 g/mol. The number of hydrogen-bond acceptors (Lipinski definition) is 2. The Bertz CT molecular complexity index is 569. The number of aliphatic hydroxyl groups excluding tert-OH is 1. The quantitative estimate of drug-likeness (QED) is 0.884. The first-order valence-corrected chi connectivity index (χ1v) is 6.56. The Labute approximate surface area is 121 Å². The van der Waals surface area contributed by atoms with Crippen LogP contribution in [0.4, 0.5) is 13.2 Å². The molecule has 0 saturated carbocycles. The third kappa shape index (κ3) is 4.06. The minimum absolute atomic E-state index is 0.0587. The zero-order valence-electron chi connectivity index (χ0n) is 11.3. The summed E-state index contributed by atoms with van der Waals surface area (Å²) in [5, 5.41) is 12.4. The molecule has 21 heavy (non-hydrogen) atoms. The first-order valence-electron chi connectivity index (χ1n) is 6.56. The number of nitrogens with one attached hydrogen (secondary N) is 1. The van der Waals surface area contributed by atoms with E-state index < -0.39 is 24.4 Å². The Balaban J connectivity index is 2.18. The highest BCUT2D eigenvalue weighted by atomic mass is 19.4. The van der Waals surface area contributed by atoms with E-state index in [1.54, 1.807) is 0 Å². The van der Waals surface area contributed by atoms with Crippen LogP contribution in [0, 0.1) is 0 Å². The molecule has 1 atom stereocenters. The largest absolute Gasteiger partial charge is 0.416 e. The van der Waals surface area contributed by atoms with Crippen molar-refractivity contribution in [2.75, 3.05) is 6.61 Å². The van der Waals surface area contributed by atoms with Crippen LogP contribution in [-0.4, -0.2) is 11.7 Å². The number of benzene rings is 2. The molecule has 2 nitrogen and oxygen atoms in total. The highest BCUT2D eigenvalue weighted by Gasteiger charge is 2.34. The number of aliphatic hydroxyl groups is 1. The maximum Gasteiger partial charge on any atom is 0.416 e.